The smallest absolute Gasteiger partial charge is 0.264 e. The zero-order chi connectivity index (χ0) is 14.9. The van der Waals surface area contributed by atoms with Crippen LogP contribution in [-0.2, 0) is 6.54 Å². The summed E-state index contributed by atoms with van der Waals surface area (Å²) >= 11 is 0. The minimum Gasteiger partial charge on any atom is -0.444 e. The van der Waals surface area contributed by atoms with Crippen molar-refractivity contribution in [3.8, 4) is 5.69 Å². The first kappa shape index (κ1) is 12.9. The number of H-pyrrole nitrogens is 1. The van der Waals surface area contributed by atoms with E-state index in [0.717, 1.165) is 23.0 Å². The summed E-state index contributed by atoms with van der Waals surface area (Å²) in [6.07, 6.45) is 5.88. The second-order valence-electron chi connectivity index (χ2n) is 5.50. The Kier molecular flexibility index (Phi) is 3.07. The second-order valence-corrected chi connectivity index (χ2v) is 5.50. The molecule has 0 saturated heterocycles. The fourth-order valence-electron chi connectivity index (χ4n) is 2.34. The van der Waals surface area contributed by atoms with Gasteiger partial charge in [0.1, 0.15) is 5.76 Å². The molecule has 2 aromatic heterocycles. The van der Waals surface area contributed by atoms with Crippen molar-refractivity contribution in [2.45, 2.75) is 25.3 Å². The molecule has 1 saturated carbocycles. The third-order valence-corrected chi connectivity index (χ3v) is 3.72. The van der Waals surface area contributed by atoms with Crippen molar-refractivity contribution >= 4 is 5.69 Å². The van der Waals surface area contributed by atoms with E-state index in [2.05, 4.69) is 15.4 Å². The molecule has 1 aromatic carbocycles. The summed E-state index contributed by atoms with van der Waals surface area (Å²) in [5.41, 5.74) is 1.78. The van der Waals surface area contributed by atoms with E-state index in [-0.39, 0.29) is 5.56 Å². The first-order valence-corrected chi connectivity index (χ1v) is 7.34. The fraction of sp³-hybridized carbons (Fsp3) is 0.250. The summed E-state index contributed by atoms with van der Waals surface area (Å²) < 4.78 is 7.39. The van der Waals surface area contributed by atoms with Crippen molar-refractivity contribution in [2.24, 2.45) is 0 Å². The summed E-state index contributed by atoms with van der Waals surface area (Å²) in [6, 6.07) is 9.30. The second kappa shape index (κ2) is 5.22. The molecule has 1 fully saturated rings. The van der Waals surface area contributed by atoms with Gasteiger partial charge in [-0.1, -0.05) is 0 Å². The summed E-state index contributed by atoms with van der Waals surface area (Å²) in [5.74, 6) is 2.25. The van der Waals surface area contributed by atoms with Crippen LogP contribution in [0.2, 0.25) is 0 Å². The predicted octanol–water partition coefficient (Wildman–Crippen LogP) is 2.64. The Balaban J connectivity index is 1.41. The molecular formula is C16H16N4O2. The van der Waals surface area contributed by atoms with E-state index in [0.29, 0.717) is 12.5 Å². The summed E-state index contributed by atoms with van der Waals surface area (Å²) in [4.78, 5) is 15.4. The number of aromatic nitrogens is 3. The van der Waals surface area contributed by atoms with Crippen molar-refractivity contribution in [1.82, 2.24) is 14.8 Å². The van der Waals surface area contributed by atoms with Crippen LogP contribution < -0.4 is 10.9 Å². The number of hydrogen-bond donors (Lipinski definition) is 2. The number of oxazole rings is 1. The van der Waals surface area contributed by atoms with Crippen molar-refractivity contribution in [3.05, 3.63) is 64.7 Å². The van der Waals surface area contributed by atoms with E-state index >= 15 is 0 Å². The number of rotatable bonds is 5. The lowest BCUT2D eigenvalue weighted by atomic mass is 10.3. The van der Waals surface area contributed by atoms with Gasteiger partial charge in [-0.3, -0.25) is 14.6 Å². The van der Waals surface area contributed by atoms with Crippen LogP contribution in [0.15, 0.2) is 51.9 Å². The molecule has 6 heteroatoms. The molecule has 0 radical (unpaired) electrons. The van der Waals surface area contributed by atoms with E-state index in [9.17, 15) is 4.79 Å². The summed E-state index contributed by atoms with van der Waals surface area (Å²) in [7, 11) is 0. The molecule has 0 spiro atoms. The molecule has 2 N–H and O–H groups in total. The maximum absolute atomic E-state index is 11.1. The molecule has 4 rings (SSSR count). The zero-order valence-electron chi connectivity index (χ0n) is 12.0. The van der Waals surface area contributed by atoms with Gasteiger partial charge in [-0.05, 0) is 37.1 Å². The highest BCUT2D eigenvalue weighted by Crippen LogP contribution is 2.39. The van der Waals surface area contributed by atoms with Crippen LogP contribution in [0.5, 0.6) is 0 Å². The third kappa shape index (κ3) is 2.67. The number of benzene rings is 1. The number of hydrogen-bond acceptors (Lipinski definition) is 4. The average Bonchev–Trinajstić information content (AvgIpc) is 3.12. The van der Waals surface area contributed by atoms with E-state index in [4.69, 9.17) is 4.42 Å². The molecule has 6 nitrogen and oxygen atoms in total. The molecule has 112 valence electrons. The maximum Gasteiger partial charge on any atom is 0.264 e. The Labute approximate surface area is 126 Å². The quantitative estimate of drug-likeness (QED) is 0.759. The van der Waals surface area contributed by atoms with Gasteiger partial charge < -0.3 is 9.73 Å². The van der Waals surface area contributed by atoms with Crippen LogP contribution >= 0.6 is 0 Å². The number of nitrogens with zero attached hydrogens (tertiary/aromatic N) is 2. The number of aromatic amines is 1. The highest BCUT2D eigenvalue weighted by Gasteiger charge is 2.28. The monoisotopic (exact) mass is 296 g/mol. The van der Waals surface area contributed by atoms with E-state index < -0.39 is 0 Å². The van der Waals surface area contributed by atoms with Gasteiger partial charge in [-0.2, -0.15) is 0 Å². The normalized spacial score (nSPS) is 14.2. The molecule has 1 aliphatic carbocycles. The van der Waals surface area contributed by atoms with Gasteiger partial charge in [0.25, 0.3) is 5.56 Å². The minimum atomic E-state index is -0.112. The van der Waals surface area contributed by atoms with E-state index in [1.54, 1.807) is 17.1 Å². The molecule has 1 aliphatic rings. The molecule has 3 aromatic rings. The van der Waals surface area contributed by atoms with Crippen molar-refractivity contribution in [3.63, 3.8) is 0 Å². The predicted molar refractivity (Wildman–Crippen MR) is 82.2 cm³/mol. The Morgan fingerprint density at radius 2 is 2.09 bits per heavy atom. The van der Waals surface area contributed by atoms with Crippen LogP contribution in [0.4, 0.5) is 5.69 Å². The van der Waals surface area contributed by atoms with Crippen LogP contribution in [-0.4, -0.2) is 14.8 Å². The van der Waals surface area contributed by atoms with Gasteiger partial charge in [0.2, 0.25) is 0 Å². The maximum atomic E-state index is 11.1. The van der Waals surface area contributed by atoms with Gasteiger partial charge in [-0.15, -0.1) is 0 Å². The van der Waals surface area contributed by atoms with Gasteiger partial charge in [-0.25, -0.2) is 4.98 Å². The van der Waals surface area contributed by atoms with Crippen molar-refractivity contribution in [1.29, 1.82) is 0 Å². The topological polar surface area (TPSA) is 75.8 Å². The van der Waals surface area contributed by atoms with Crippen LogP contribution in [0, 0.1) is 0 Å². The lowest BCUT2D eigenvalue weighted by Crippen LogP contribution is -2.03. The lowest BCUT2D eigenvalue weighted by Gasteiger charge is -2.06. The van der Waals surface area contributed by atoms with Gasteiger partial charge in [0.05, 0.1) is 18.4 Å². The molecule has 0 unspecified atom stereocenters. The highest BCUT2D eigenvalue weighted by molar-refractivity contribution is 5.48. The van der Waals surface area contributed by atoms with Gasteiger partial charge in [0.15, 0.2) is 5.89 Å². The van der Waals surface area contributed by atoms with Gasteiger partial charge >= 0.3 is 0 Å². The van der Waals surface area contributed by atoms with Gasteiger partial charge in [0, 0.05) is 23.9 Å². The Morgan fingerprint density at radius 3 is 2.77 bits per heavy atom. The first-order chi connectivity index (χ1) is 10.8. The molecule has 0 bridgehead atoms. The fourth-order valence-corrected chi connectivity index (χ4v) is 2.34. The minimum absolute atomic E-state index is 0.112. The molecule has 0 atom stereocenters. The van der Waals surface area contributed by atoms with E-state index in [1.807, 2.05) is 24.3 Å². The van der Waals surface area contributed by atoms with Crippen LogP contribution in [0.3, 0.4) is 0 Å². The largest absolute Gasteiger partial charge is 0.444 e. The standard InChI is InChI=1S/C16H16N4O2/c21-15-7-8-20(19-15)13-5-3-12(4-6-13)17-9-14-10-18-16(22-14)11-1-2-11/h3-8,10-11,17H,1-2,9H2,(H,19,21). The van der Waals surface area contributed by atoms with Crippen molar-refractivity contribution < 1.29 is 4.42 Å². The summed E-state index contributed by atoms with van der Waals surface area (Å²) in [5, 5.41) is 6.01. The Morgan fingerprint density at radius 1 is 1.27 bits per heavy atom. The summed E-state index contributed by atoms with van der Waals surface area (Å²) in [6.45, 7) is 0.611. The van der Waals surface area contributed by atoms with Crippen molar-refractivity contribution in [2.75, 3.05) is 5.32 Å². The zero-order valence-corrected chi connectivity index (χ0v) is 12.0. The molecule has 22 heavy (non-hydrogen) atoms. The number of nitrogens with one attached hydrogen (secondary N) is 2. The lowest BCUT2D eigenvalue weighted by molar-refractivity contribution is 0.462. The molecular weight excluding hydrogens is 280 g/mol. The third-order valence-electron chi connectivity index (χ3n) is 3.72. The van der Waals surface area contributed by atoms with Crippen LogP contribution in [0.1, 0.15) is 30.4 Å². The Hall–Kier alpha value is -2.76. The van der Waals surface area contributed by atoms with E-state index in [1.165, 1.54) is 18.9 Å². The Bertz CT molecular complexity index is 824. The molecule has 0 aliphatic heterocycles. The first-order valence-electron chi connectivity index (χ1n) is 7.34. The molecule has 0 amide bonds. The highest BCUT2D eigenvalue weighted by atomic mass is 16.4. The average molecular weight is 296 g/mol. The van der Waals surface area contributed by atoms with Crippen LogP contribution in [0.25, 0.3) is 5.69 Å². The number of anilines is 1. The SMILES string of the molecule is O=c1ccn(-c2ccc(NCc3cnc(C4CC4)o3)cc2)[nH]1. The molecule has 2 heterocycles.